The summed E-state index contributed by atoms with van der Waals surface area (Å²) < 4.78 is 25.1. The lowest BCUT2D eigenvalue weighted by Gasteiger charge is -2.18. The van der Waals surface area contributed by atoms with Gasteiger partial charge in [-0.25, -0.2) is 13.1 Å². The average molecular weight is 333 g/mol. The highest BCUT2D eigenvalue weighted by Crippen LogP contribution is 2.20. The number of aromatic nitrogens is 4. The zero-order valence-corrected chi connectivity index (χ0v) is 14.4. The Morgan fingerprint density at radius 2 is 2.10 bits per heavy atom. The van der Waals surface area contributed by atoms with Crippen molar-refractivity contribution in [2.75, 3.05) is 18.1 Å². The van der Waals surface area contributed by atoms with Crippen molar-refractivity contribution < 1.29 is 8.42 Å². The summed E-state index contributed by atoms with van der Waals surface area (Å²) in [6.07, 6.45) is 2.50. The SMILES string of the molecule is CC(C)(C)S(=O)(=O)CCSc1nnnn1CCNC1CC1. The predicted octanol–water partition coefficient (Wildman–Crippen LogP) is 0.730. The number of hydrogen-bond donors (Lipinski definition) is 1. The molecule has 1 aliphatic carbocycles. The minimum atomic E-state index is -3.09. The maximum absolute atomic E-state index is 12.0. The van der Waals surface area contributed by atoms with Crippen molar-refractivity contribution in [3.8, 4) is 0 Å². The molecule has 0 saturated heterocycles. The average Bonchev–Trinajstić information content (AvgIpc) is 3.08. The molecule has 9 heteroatoms. The lowest BCUT2D eigenvalue weighted by molar-refractivity contribution is 0.509. The third kappa shape index (κ3) is 4.93. The number of nitrogens with zero attached hydrogens (tertiary/aromatic N) is 4. The lowest BCUT2D eigenvalue weighted by Crippen LogP contribution is -2.31. The molecule has 0 aliphatic heterocycles. The second-order valence-electron chi connectivity index (χ2n) is 6.19. The summed E-state index contributed by atoms with van der Waals surface area (Å²) >= 11 is 1.39. The molecule has 7 nitrogen and oxygen atoms in total. The van der Waals surface area contributed by atoms with Gasteiger partial charge in [0.1, 0.15) is 0 Å². The van der Waals surface area contributed by atoms with E-state index in [9.17, 15) is 8.42 Å². The van der Waals surface area contributed by atoms with E-state index in [1.165, 1.54) is 24.6 Å². The van der Waals surface area contributed by atoms with Crippen LogP contribution >= 0.6 is 11.8 Å². The fourth-order valence-electron chi connectivity index (χ4n) is 1.65. The van der Waals surface area contributed by atoms with Crippen LogP contribution in [0.1, 0.15) is 33.6 Å². The van der Waals surface area contributed by atoms with Gasteiger partial charge in [-0.1, -0.05) is 11.8 Å². The molecule has 120 valence electrons. The Balaban J connectivity index is 1.79. The monoisotopic (exact) mass is 333 g/mol. The first-order chi connectivity index (χ1) is 9.79. The summed E-state index contributed by atoms with van der Waals surface area (Å²) in [6, 6.07) is 0.662. The van der Waals surface area contributed by atoms with Crippen molar-refractivity contribution in [1.29, 1.82) is 0 Å². The molecule has 1 aromatic heterocycles. The van der Waals surface area contributed by atoms with Crippen LogP contribution in [0, 0.1) is 0 Å². The third-order valence-electron chi connectivity index (χ3n) is 3.35. The molecule has 0 aromatic carbocycles. The van der Waals surface area contributed by atoms with E-state index >= 15 is 0 Å². The van der Waals surface area contributed by atoms with E-state index < -0.39 is 14.6 Å². The van der Waals surface area contributed by atoms with Crippen molar-refractivity contribution in [2.24, 2.45) is 0 Å². The van der Waals surface area contributed by atoms with Crippen LogP contribution in [0.15, 0.2) is 5.16 Å². The molecule has 1 aromatic rings. The molecule has 1 fully saturated rings. The zero-order chi connectivity index (χ0) is 15.5. The Hall–Kier alpha value is -0.670. The van der Waals surface area contributed by atoms with Gasteiger partial charge >= 0.3 is 0 Å². The van der Waals surface area contributed by atoms with E-state index in [1.54, 1.807) is 25.5 Å². The van der Waals surface area contributed by atoms with Crippen LogP contribution in [0.4, 0.5) is 0 Å². The molecular weight excluding hydrogens is 310 g/mol. The predicted molar refractivity (Wildman–Crippen MR) is 83.1 cm³/mol. The number of sulfone groups is 1. The quantitative estimate of drug-likeness (QED) is 0.701. The van der Waals surface area contributed by atoms with Crippen LogP contribution in [0.5, 0.6) is 0 Å². The smallest absolute Gasteiger partial charge is 0.209 e. The molecular formula is C12H23N5O2S2. The van der Waals surface area contributed by atoms with Gasteiger partial charge in [-0.15, -0.1) is 5.10 Å². The number of tetrazole rings is 1. The molecule has 0 atom stereocenters. The van der Waals surface area contributed by atoms with Gasteiger partial charge in [0.15, 0.2) is 9.84 Å². The first-order valence-electron chi connectivity index (χ1n) is 7.14. The van der Waals surface area contributed by atoms with E-state index in [-0.39, 0.29) is 5.75 Å². The van der Waals surface area contributed by atoms with Crippen LogP contribution in [-0.2, 0) is 16.4 Å². The van der Waals surface area contributed by atoms with Crippen LogP contribution in [-0.4, -0.2) is 57.5 Å². The second kappa shape index (κ2) is 6.62. The molecule has 2 rings (SSSR count). The molecule has 21 heavy (non-hydrogen) atoms. The zero-order valence-electron chi connectivity index (χ0n) is 12.7. The molecule has 0 spiro atoms. The fraction of sp³-hybridized carbons (Fsp3) is 0.917. The highest BCUT2D eigenvalue weighted by atomic mass is 32.2. The van der Waals surface area contributed by atoms with Gasteiger partial charge < -0.3 is 5.32 Å². The standard InChI is InChI=1S/C12H23N5O2S2/c1-12(2,3)21(18,19)9-8-20-11-14-15-16-17(11)7-6-13-10-4-5-10/h10,13H,4-9H2,1-3H3. The summed E-state index contributed by atoms with van der Waals surface area (Å²) in [5, 5.41) is 15.6. The number of rotatable bonds is 8. The van der Waals surface area contributed by atoms with E-state index in [4.69, 9.17) is 0 Å². The maximum atomic E-state index is 12.0. The lowest BCUT2D eigenvalue weighted by atomic mass is 10.3. The van der Waals surface area contributed by atoms with Crippen molar-refractivity contribution in [2.45, 2.75) is 56.1 Å². The summed E-state index contributed by atoms with van der Waals surface area (Å²) in [5.41, 5.74) is 0. The molecule has 1 heterocycles. The van der Waals surface area contributed by atoms with Gasteiger partial charge in [-0.3, -0.25) is 0 Å². The minimum absolute atomic E-state index is 0.133. The Bertz CT molecular complexity index is 560. The normalized spacial score (nSPS) is 16.3. The Morgan fingerprint density at radius 1 is 1.38 bits per heavy atom. The number of nitrogens with one attached hydrogen (secondary N) is 1. The maximum Gasteiger partial charge on any atom is 0.209 e. The molecule has 0 amide bonds. The van der Waals surface area contributed by atoms with Crippen LogP contribution in [0.3, 0.4) is 0 Å². The summed E-state index contributed by atoms with van der Waals surface area (Å²) in [6.45, 7) is 6.71. The van der Waals surface area contributed by atoms with E-state index in [2.05, 4.69) is 20.8 Å². The van der Waals surface area contributed by atoms with Gasteiger partial charge in [-0.2, -0.15) is 0 Å². The van der Waals surface area contributed by atoms with E-state index in [0.29, 0.717) is 23.5 Å². The largest absolute Gasteiger partial charge is 0.312 e. The highest BCUT2D eigenvalue weighted by molar-refractivity contribution is 8.00. The first-order valence-corrected chi connectivity index (χ1v) is 9.78. The second-order valence-corrected chi connectivity index (χ2v) is 10.1. The summed E-state index contributed by atoms with van der Waals surface area (Å²) in [5.74, 6) is 0.602. The fourth-order valence-corrected chi connectivity index (χ4v) is 4.03. The topological polar surface area (TPSA) is 89.8 Å². The molecule has 1 aliphatic rings. The van der Waals surface area contributed by atoms with Crippen LogP contribution < -0.4 is 5.32 Å². The molecule has 1 N–H and O–H groups in total. The number of thioether (sulfide) groups is 1. The third-order valence-corrected chi connectivity index (χ3v) is 7.17. The summed E-state index contributed by atoms with van der Waals surface area (Å²) in [7, 11) is -3.09. The van der Waals surface area contributed by atoms with Gasteiger partial charge in [0, 0.05) is 18.3 Å². The van der Waals surface area contributed by atoms with Crippen molar-refractivity contribution >= 4 is 21.6 Å². The first kappa shape index (κ1) is 16.7. The Labute approximate surface area is 130 Å². The van der Waals surface area contributed by atoms with Crippen LogP contribution in [0.25, 0.3) is 0 Å². The van der Waals surface area contributed by atoms with E-state index in [0.717, 1.165) is 6.54 Å². The van der Waals surface area contributed by atoms with Gasteiger partial charge in [0.05, 0.1) is 17.0 Å². The van der Waals surface area contributed by atoms with Gasteiger partial charge in [0.2, 0.25) is 5.16 Å². The Morgan fingerprint density at radius 3 is 2.71 bits per heavy atom. The van der Waals surface area contributed by atoms with Crippen molar-refractivity contribution in [3.05, 3.63) is 0 Å². The molecule has 0 bridgehead atoms. The van der Waals surface area contributed by atoms with Crippen molar-refractivity contribution in [3.63, 3.8) is 0 Å². The van der Waals surface area contributed by atoms with Crippen LogP contribution in [0.2, 0.25) is 0 Å². The van der Waals surface area contributed by atoms with Gasteiger partial charge in [-0.05, 0) is 44.0 Å². The number of hydrogen-bond acceptors (Lipinski definition) is 7. The Kier molecular flexibility index (Phi) is 5.26. The van der Waals surface area contributed by atoms with E-state index in [1.807, 2.05) is 0 Å². The molecule has 0 unspecified atom stereocenters. The van der Waals surface area contributed by atoms with Gasteiger partial charge in [0.25, 0.3) is 0 Å². The molecule has 1 saturated carbocycles. The minimum Gasteiger partial charge on any atom is -0.312 e. The highest BCUT2D eigenvalue weighted by Gasteiger charge is 2.28. The molecule has 0 radical (unpaired) electrons. The summed E-state index contributed by atoms with van der Waals surface area (Å²) in [4.78, 5) is 0. The van der Waals surface area contributed by atoms with Crippen molar-refractivity contribution in [1.82, 2.24) is 25.5 Å².